The lowest BCUT2D eigenvalue weighted by Crippen LogP contribution is -2.69. The summed E-state index contributed by atoms with van der Waals surface area (Å²) >= 11 is 0. The smallest absolute Gasteiger partial charge is 0.337 e. The van der Waals surface area contributed by atoms with E-state index in [0.29, 0.717) is 35.9 Å². The van der Waals surface area contributed by atoms with Gasteiger partial charge in [0.2, 0.25) is 5.91 Å². The molecule has 7 nitrogen and oxygen atoms in total. The number of carbonyl (C=O) groups excluding carboxylic acids is 2. The zero-order chi connectivity index (χ0) is 29.4. The minimum atomic E-state index is -0.449. The predicted molar refractivity (Wildman–Crippen MR) is 162 cm³/mol. The molecule has 1 spiro atoms. The van der Waals surface area contributed by atoms with Gasteiger partial charge in [-0.15, -0.1) is 6.58 Å². The van der Waals surface area contributed by atoms with Gasteiger partial charge >= 0.3 is 5.97 Å². The summed E-state index contributed by atoms with van der Waals surface area (Å²) in [6, 6.07) is 14.2. The number of carbonyl (C=O) groups is 2. The van der Waals surface area contributed by atoms with Crippen LogP contribution in [0.2, 0.25) is 0 Å². The first-order chi connectivity index (χ1) is 20.4. The van der Waals surface area contributed by atoms with Crippen LogP contribution in [-0.4, -0.2) is 73.2 Å². The highest BCUT2D eigenvalue weighted by Gasteiger charge is 2.66. The van der Waals surface area contributed by atoms with Gasteiger partial charge in [-0.25, -0.2) is 4.79 Å². The van der Waals surface area contributed by atoms with Gasteiger partial charge in [-0.05, 0) is 67.3 Å². The van der Waals surface area contributed by atoms with Crippen LogP contribution < -0.4 is 9.47 Å². The summed E-state index contributed by atoms with van der Waals surface area (Å²) in [6.45, 7) is 10.7. The van der Waals surface area contributed by atoms with Crippen molar-refractivity contribution in [1.29, 1.82) is 0 Å². The van der Waals surface area contributed by atoms with Crippen molar-refractivity contribution in [2.75, 3.05) is 33.4 Å². The molecular weight excluding hydrogens is 528 g/mol. The van der Waals surface area contributed by atoms with E-state index in [1.165, 1.54) is 18.2 Å². The van der Waals surface area contributed by atoms with E-state index in [1.54, 1.807) is 6.08 Å². The Kier molecular flexibility index (Phi) is 7.99. The molecule has 0 radical (unpaired) electrons. The molecule has 2 aromatic rings. The van der Waals surface area contributed by atoms with Gasteiger partial charge in [0.1, 0.15) is 12.7 Å². The van der Waals surface area contributed by atoms with Crippen LogP contribution in [0.1, 0.15) is 49.8 Å². The third-order valence-electron chi connectivity index (χ3n) is 9.70. The summed E-state index contributed by atoms with van der Waals surface area (Å²) in [4.78, 5) is 31.1. The van der Waals surface area contributed by atoms with Crippen molar-refractivity contribution in [3.63, 3.8) is 0 Å². The fourth-order valence-corrected chi connectivity index (χ4v) is 8.26. The molecule has 1 saturated carbocycles. The van der Waals surface area contributed by atoms with Gasteiger partial charge in [-0.1, -0.05) is 56.3 Å². The molecule has 2 aliphatic carbocycles. The van der Waals surface area contributed by atoms with Gasteiger partial charge in [0.05, 0.1) is 6.04 Å². The first-order valence-electron chi connectivity index (χ1n) is 15.3. The van der Waals surface area contributed by atoms with Gasteiger partial charge in [0.25, 0.3) is 0 Å². The highest BCUT2D eigenvalue weighted by Crippen LogP contribution is 2.64. The highest BCUT2D eigenvalue weighted by atomic mass is 16.6. The molecule has 2 heterocycles. The van der Waals surface area contributed by atoms with E-state index in [2.05, 4.69) is 36.3 Å². The van der Waals surface area contributed by atoms with Crippen LogP contribution in [0.3, 0.4) is 0 Å². The first-order valence-corrected chi connectivity index (χ1v) is 15.3. The minimum absolute atomic E-state index is 0.00961. The molecule has 1 amide bonds. The molecule has 6 rings (SSSR count). The zero-order valence-electron chi connectivity index (χ0n) is 25.0. The number of hydrogen-bond donors (Lipinski definition) is 0. The maximum absolute atomic E-state index is 13.9. The first kappa shape index (κ1) is 28.7. The van der Waals surface area contributed by atoms with Crippen molar-refractivity contribution < 1.29 is 23.8 Å². The molecule has 0 N–H and O–H groups in total. The predicted octanol–water partition coefficient (Wildman–Crippen LogP) is 5.03. The second-order valence-electron chi connectivity index (χ2n) is 12.6. The molecule has 2 unspecified atom stereocenters. The lowest BCUT2D eigenvalue weighted by Gasteiger charge is -2.60. The van der Waals surface area contributed by atoms with Crippen LogP contribution in [0.25, 0.3) is 6.08 Å². The molecule has 4 aliphatic rings. The van der Waals surface area contributed by atoms with Crippen LogP contribution in [0.5, 0.6) is 11.5 Å². The second-order valence-corrected chi connectivity index (χ2v) is 12.6. The number of benzene rings is 2. The van der Waals surface area contributed by atoms with Crippen molar-refractivity contribution in [3.05, 3.63) is 77.9 Å². The maximum Gasteiger partial charge on any atom is 0.337 e. The molecule has 1 saturated heterocycles. The van der Waals surface area contributed by atoms with E-state index in [0.717, 1.165) is 44.3 Å². The van der Waals surface area contributed by atoms with E-state index in [4.69, 9.17) is 14.2 Å². The topological polar surface area (TPSA) is 68.3 Å². The fourth-order valence-electron chi connectivity index (χ4n) is 8.26. The molecular formula is C35H42N2O5. The number of esters is 1. The van der Waals surface area contributed by atoms with Crippen LogP contribution in [0, 0.1) is 11.8 Å². The van der Waals surface area contributed by atoms with Crippen molar-refractivity contribution in [1.82, 2.24) is 9.80 Å². The van der Waals surface area contributed by atoms with Gasteiger partial charge in [0.15, 0.2) is 11.5 Å². The number of ether oxygens (including phenoxy) is 3. The molecule has 0 aromatic heterocycles. The molecule has 42 heavy (non-hydrogen) atoms. The molecule has 2 aliphatic heterocycles. The van der Waals surface area contributed by atoms with Crippen LogP contribution in [-0.2, 0) is 26.2 Å². The van der Waals surface area contributed by atoms with Crippen molar-refractivity contribution >= 4 is 18.0 Å². The molecule has 7 heteroatoms. The number of nitrogens with zero attached hydrogens (tertiary/aromatic N) is 2. The van der Waals surface area contributed by atoms with Crippen molar-refractivity contribution in [2.24, 2.45) is 11.8 Å². The number of piperidine rings is 1. The average molecular weight is 571 g/mol. The third-order valence-corrected chi connectivity index (χ3v) is 9.70. The van der Waals surface area contributed by atoms with E-state index in [-0.39, 0.29) is 30.1 Å². The Balaban J connectivity index is 1.41. The average Bonchev–Trinajstić information content (AvgIpc) is 3.33. The normalized spacial score (nSPS) is 27.4. The van der Waals surface area contributed by atoms with Crippen LogP contribution >= 0.6 is 0 Å². The summed E-state index contributed by atoms with van der Waals surface area (Å²) in [5, 5.41) is 0. The lowest BCUT2D eigenvalue weighted by molar-refractivity contribution is -0.138. The number of methoxy groups -OCH3 is 1. The van der Waals surface area contributed by atoms with Crippen molar-refractivity contribution in [3.8, 4) is 11.5 Å². The van der Waals surface area contributed by atoms with Gasteiger partial charge in [0, 0.05) is 43.3 Å². The lowest BCUT2D eigenvalue weighted by atomic mass is 9.51. The van der Waals surface area contributed by atoms with Gasteiger partial charge in [-0.2, -0.15) is 0 Å². The van der Waals surface area contributed by atoms with Crippen molar-refractivity contribution in [2.45, 2.75) is 63.1 Å². The Bertz CT molecular complexity index is 1370. The quantitative estimate of drug-likeness (QED) is 0.173. The summed E-state index contributed by atoms with van der Waals surface area (Å²) < 4.78 is 17.8. The largest absolute Gasteiger partial charge is 0.483 e. The summed E-state index contributed by atoms with van der Waals surface area (Å²) in [5.41, 5.74) is 3.23. The van der Waals surface area contributed by atoms with Crippen LogP contribution in [0.4, 0.5) is 0 Å². The molecule has 5 atom stereocenters. The van der Waals surface area contributed by atoms with E-state index in [9.17, 15) is 9.59 Å². The molecule has 2 fully saturated rings. The van der Waals surface area contributed by atoms with E-state index < -0.39 is 5.97 Å². The summed E-state index contributed by atoms with van der Waals surface area (Å²) in [6.07, 6.45) is 9.16. The Morgan fingerprint density at radius 1 is 1.19 bits per heavy atom. The number of rotatable bonds is 10. The monoisotopic (exact) mass is 570 g/mol. The third kappa shape index (κ3) is 4.86. The second kappa shape index (κ2) is 11.7. The standard InChI is InChI=1S/C35H42N2O5/c1-5-18-36-19-17-35-26-13-14-27(37(21-23(2)3)30(38)16-11-24-9-7-6-8-10-24)34(35)42-33-29(41-31(39)22-40-4)15-12-25(32(33)35)20-28(26)36/h5-12,15-16,23,26-28,34H,1,13-14,17-22H2,2-4H3/b16-11+/t26-,27?,28+,34?,35-/m0/s1. The van der Waals surface area contributed by atoms with Gasteiger partial charge < -0.3 is 19.1 Å². The SMILES string of the molecule is C=CCN1CC[C@]23c4c5ccc(OC(=O)COC)c4OC2C(N(CC(C)C)C(=O)/C=C/c2ccccc2)CC[C@H]3[C@H]1C5. The van der Waals surface area contributed by atoms with Crippen LogP contribution in [0.15, 0.2) is 61.2 Å². The van der Waals surface area contributed by atoms with E-state index in [1.807, 2.05) is 48.6 Å². The fraction of sp³-hybridized carbons (Fsp3) is 0.486. The minimum Gasteiger partial charge on any atom is -0.483 e. The maximum atomic E-state index is 13.9. The zero-order valence-corrected chi connectivity index (χ0v) is 25.0. The summed E-state index contributed by atoms with van der Waals surface area (Å²) in [7, 11) is 1.48. The molecule has 2 bridgehead atoms. The Hall–Kier alpha value is -3.42. The van der Waals surface area contributed by atoms with E-state index >= 15 is 0 Å². The summed E-state index contributed by atoms with van der Waals surface area (Å²) in [5.74, 6) is 1.39. The molecule has 2 aromatic carbocycles. The Morgan fingerprint density at radius 2 is 2.00 bits per heavy atom. The molecule has 222 valence electrons. The number of amides is 1. The Labute approximate surface area is 249 Å². The van der Waals surface area contributed by atoms with Gasteiger partial charge in [-0.3, -0.25) is 9.69 Å². The number of hydrogen-bond acceptors (Lipinski definition) is 6. The number of likely N-dealkylation sites (tertiary alicyclic amines) is 1. The Morgan fingerprint density at radius 3 is 2.74 bits per heavy atom. The highest BCUT2D eigenvalue weighted by molar-refractivity contribution is 5.92.